The van der Waals surface area contributed by atoms with Crippen LogP contribution in [0.2, 0.25) is 0 Å². The van der Waals surface area contributed by atoms with Crippen molar-refractivity contribution in [2.24, 2.45) is 10.9 Å². The highest BCUT2D eigenvalue weighted by molar-refractivity contribution is 5.89. The van der Waals surface area contributed by atoms with Crippen LogP contribution in [0.5, 0.6) is 0 Å². The van der Waals surface area contributed by atoms with Crippen molar-refractivity contribution in [2.45, 2.75) is 19.4 Å². The average Bonchev–Trinajstić information content (AvgIpc) is 2.76. The van der Waals surface area contributed by atoms with Gasteiger partial charge in [0.15, 0.2) is 0 Å². The fraction of sp³-hybridized carbons (Fsp3) is 0.263. The Labute approximate surface area is 136 Å². The number of rotatable bonds is 4. The molecule has 1 aliphatic rings. The Morgan fingerprint density at radius 2 is 1.87 bits per heavy atom. The van der Waals surface area contributed by atoms with Gasteiger partial charge < -0.3 is 10.1 Å². The van der Waals surface area contributed by atoms with Gasteiger partial charge in [0.2, 0.25) is 0 Å². The zero-order valence-electron chi connectivity index (χ0n) is 13.1. The van der Waals surface area contributed by atoms with Crippen LogP contribution in [0.15, 0.2) is 59.6 Å². The largest absolute Gasteiger partial charge is 0.464 e. The smallest absolute Gasteiger partial charge is 0.329 e. The molecule has 0 fully saturated rings. The predicted octanol–water partition coefficient (Wildman–Crippen LogP) is 3.61. The van der Waals surface area contributed by atoms with Gasteiger partial charge in [0.1, 0.15) is 6.04 Å². The van der Waals surface area contributed by atoms with Gasteiger partial charge in [0.25, 0.3) is 0 Å². The van der Waals surface area contributed by atoms with Crippen molar-refractivity contribution in [1.82, 2.24) is 0 Å². The molecule has 4 nitrogen and oxygen atoms in total. The van der Waals surface area contributed by atoms with Crippen LogP contribution >= 0.6 is 0 Å². The summed E-state index contributed by atoms with van der Waals surface area (Å²) in [6.07, 6.45) is 2.60. The Morgan fingerprint density at radius 3 is 2.65 bits per heavy atom. The summed E-state index contributed by atoms with van der Waals surface area (Å²) in [7, 11) is 0. The number of hydrogen-bond donors (Lipinski definition) is 1. The molecule has 0 saturated heterocycles. The van der Waals surface area contributed by atoms with Gasteiger partial charge in [0.05, 0.1) is 18.0 Å². The summed E-state index contributed by atoms with van der Waals surface area (Å²) in [6, 6.07) is 17.4. The fourth-order valence-electron chi connectivity index (χ4n) is 2.77. The predicted molar refractivity (Wildman–Crippen MR) is 92.3 cm³/mol. The van der Waals surface area contributed by atoms with E-state index in [4.69, 9.17) is 4.74 Å². The van der Waals surface area contributed by atoms with Crippen LogP contribution in [0.4, 0.5) is 11.4 Å². The Morgan fingerprint density at radius 1 is 1.13 bits per heavy atom. The van der Waals surface area contributed by atoms with Gasteiger partial charge in [-0.3, -0.25) is 4.99 Å². The van der Waals surface area contributed by atoms with Crippen LogP contribution < -0.4 is 5.32 Å². The molecular weight excluding hydrogens is 288 g/mol. The summed E-state index contributed by atoms with van der Waals surface area (Å²) in [5.74, 6) is -0.305. The highest BCUT2D eigenvalue weighted by atomic mass is 16.5. The van der Waals surface area contributed by atoms with Gasteiger partial charge in [-0.05, 0) is 31.0 Å². The van der Waals surface area contributed by atoms with Crippen LogP contribution in [-0.2, 0) is 16.0 Å². The van der Waals surface area contributed by atoms with Gasteiger partial charge >= 0.3 is 5.97 Å². The Hall–Kier alpha value is -2.62. The molecule has 0 amide bonds. The molecule has 23 heavy (non-hydrogen) atoms. The van der Waals surface area contributed by atoms with Crippen molar-refractivity contribution in [3.05, 3.63) is 60.2 Å². The zero-order valence-corrected chi connectivity index (χ0v) is 13.1. The monoisotopic (exact) mass is 308 g/mol. The molecule has 1 heterocycles. The lowest BCUT2D eigenvalue weighted by atomic mass is 9.93. The molecule has 2 aromatic rings. The number of benzene rings is 2. The van der Waals surface area contributed by atoms with Crippen LogP contribution in [0.3, 0.4) is 0 Å². The number of nitrogens with zero attached hydrogens (tertiary/aromatic N) is 1. The first-order chi connectivity index (χ1) is 11.3. The molecule has 0 bridgehead atoms. The third-order valence-corrected chi connectivity index (χ3v) is 3.90. The maximum atomic E-state index is 12.4. The van der Waals surface area contributed by atoms with Gasteiger partial charge in [-0.25, -0.2) is 4.79 Å². The molecule has 1 aliphatic heterocycles. The van der Waals surface area contributed by atoms with E-state index in [9.17, 15) is 4.79 Å². The minimum absolute atomic E-state index is 0.0659. The number of ether oxygens (including phenoxy) is 1. The third kappa shape index (κ3) is 3.59. The summed E-state index contributed by atoms with van der Waals surface area (Å²) in [5, 5.41) is 3.31. The Balaban J connectivity index is 1.90. The highest BCUT2D eigenvalue weighted by Crippen LogP contribution is 2.30. The van der Waals surface area contributed by atoms with Crippen LogP contribution in [0, 0.1) is 5.92 Å². The van der Waals surface area contributed by atoms with E-state index in [0.717, 1.165) is 17.8 Å². The summed E-state index contributed by atoms with van der Waals surface area (Å²) in [4.78, 5) is 17.0. The maximum absolute atomic E-state index is 12.4. The second kappa shape index (κ2) is 7.09. The van der Waals surface area contributed by atoms with E-state index in [2.05, 4.69) is 22.4 Å². The van der Waals surface area contributed by atoms with Crippen molar-refractivity contribution >= 4 is 23.6 Å². The summed E-state index contributed by atoms with van der Waals surface area (Å²) >= 11 is 0. The molecule has 3 rings (SSSR count). The first-order valence-electron chi connectivity index (χ1n) is 7.88. The van der Waals surface area contributed by atoms with Crippen LogP contribution in [0.1, 0.15) is 12.5 Å². The molecule has 0 aliphatic carbocycles. The minimum atomic E-state index is -0.442. The molecule has 1 N–H and O–H groups in total. The average molecular weight is 308 g/mol. The summed E-state index contributed by atoms with van der Waals surface area (Å²) < 4.78 is 5.26. The number of nitrogens with one attached hydrogen (secondary N) is 1. The lowest BCUT2D eigenvalue weighted by Gasteiger charge is -2.23. The number of hydrogen-bond acceptors (Lipinski definition) is 4. The number of aliphatic imine (C=N–C) groups is 1. The van der Waals surface area contributed by atoms with Gasteiger partial charge in [-0.2, -0.15) is 0 Å². The SMILES string of the molecule is CCOC(=O)C1Nc2ccccc2N=CC1Cc1ccccc1. The molecule has 0 radical (unpaired) electrons. The van der Waals surface area contributed by atoms with Crippen LogP contribution in [0.25, 0.3) is 0 Å². The molecule has 0 aromatic heterocycles. The second-order valence-electron chi connectivity index (χ2n) is 5.52. The number of esters is 1. The van der Waals surface area contributed by atoms with E-state index in [1.807, 2.05) is 55.6 Å². The second-order valence-corrected chi connectivity index (χ2v) is 5.52. The fourth-order valence-corrected chi connectivity index (χ4v) is 2.77. The third-order valence-electron chi connectivity index (χ3n) is 3.90. The molecule has 0 saturated carbocycles. The van der Waals surface area contributed by atoms with Crippen molar-refractivity contribution in [2.75, 3.05) is 11.9 Å². The summed E-state index contributed by atoms with van der Waals surface area (Å²) in [6.45, 7) is 2.19. The number of carbonyl (C=O) groups is 1. The van der Waals surface area contributed by atoms with E-state index in [1.165, 1.54) is 5.56 Å². The number of carbonyl (C=O) groups excluding carboxylic acids is 1. The van der Waals surface area contributed by atoms with Crippen molar-refractivity contribution in [3.63, 3.8) is 0 Å². The van der Waals surface area contributed by atoms with Gasteiger partial charge in [-0.1, -0.05) is 42.5 Å². The van der Waals surface area contributed by atoms with E-state index >= 15 is 0 Å². The first-order valence-corrected chi connectivity index (χ1v) is 7.88. The molecule has 2 atom stereocenters. The molecule has 4 heteroatoms. The summed E-state index contributed by atoms with van der Waals surface area (Å²) in [5.41, 5.74) is 2.88. The first kappa shape index (κ1) is 15.3. The normalized spacial score (nSPS) is 19.3. The quantitative estimate of drug-likeness (QED) is 0.878. The van der Waals surface area contributed by atoms with E-state index in [0.29, 0.717) is 6.61 Å². The van der Waals surface area contributed by atoms with Gasteiger partial charge in [0, 0.05) is 12.1 Å². The molecule has 118 valence electrons. The number of anilines is 1. The Bertz CT molecular complexity index is 698. The van der Waals surface area contributed by atoms with E-state index < -0.39 is 6.04 Å². The van der Waals surface area contributed by atoms with Crippen LogP contribution in [-0.4, -0.2) is 24.8 Å². The van der Waals surface area contributed by atoms with Gasteiger partial charge in [-0.15, -0.1) is 0 Å². The number of para-hydroxylation sites is 2. The molecular formula is C19H20N2O2. The minimum Gasteiger partial charge on any atom is -0.464 e. The maximum Gasteiger partial charge on any atom is 0.329 e. The number of fused-ring (bicyclic) bond motifs is 1. The molecule has 2 aromatic carbocycles. The lowest BCUT2D eigenvalue weighted by Crippen LogP contribution is -2.39. The van der Waals surface area contributed by atoms with E-state index in [-0.39, 0.29) is 11.9 Å². The zero-order chi connectivity index (χ0) is 16.1. The highest BCUT2D eigenvalue weighted by Gasteiger charge is 2.30. The molecule has 0 spiro atoms. The Kier molecular flexibility index (Phi) is 4.71. The lowest BCUT2D eigenvalue weighted by molar-refractivity contribution is -0.144. The van der Waals surface area contributed by atoms with Crippen molar-refractivity contribution in [3.8, 4) is 0 Å². The van der Waals surface area contributed by atoms with Crippen molar-refractivity contribution < 1.29 is 9.53 Å². The van der Waals surface area contributed by atoms with E-state index in [1.54, 1.807) is 0 Å². The topological polar surface area (TPSA) is 50.7 Å². The van der Waals surface area contributed by atoms with Crippen molar-refractivity contribution in [1.29, 1.82) is 0 Å². The standard InChI is InChI=1S/C19H20N2O2/c1-2-23-19(22)18-15(12-14-8-4-3-5-9-14)13-20-16-10-6-7-11-17(16)21-18/h3-11,13,15,18,21H,2,12H2,1H3. The molecule has 2 unspecified atom stereocenters.